The Morgan fingerprint density at radius 1 is 1.30 bits per heavy atom. The summed E-state index contributed by atoms with van der Waals surface area (Å²) in [6.07, 6.45) is -0.640. The number of fused-ring (bicyclic) bond motifs is 1. The number of imidazole rings is 1. The predicted octanol–water partition coefficient (Wildman–Crippen LogP) is 0.256. The summed E-state index contributed by atoms with van der Waals surface area (Å²) in [7, 11) is 0. The normalized spacial score (nSPS) is 13.6. The summed E-state index contributed by atoms with van der Waals surface area (Å²) < 4.78 is 5.59. The average molecular weight is 435 g/mol. The van der Waals surface area contributed by atoms with E-state index < -0.39 is 33.3 Å². The van der Waals surface area contributed by atoms with Gasteiger partial charge in [-0.3, -0.25) is 34.2 Å². The highest BCUT2D eigenvalue weighted by Crippen LogP contribution is 2.23. The Balaban J connectivity index is 2.55. The van der Waals surface area contributed by atoms with Crippen LogP contribution in [0.15, 0.2) is 9.59 Å². The van der Waals surface area contributed by atoms with Gasteiger partial charge in [-0.25, -0.2) is 4.79 Å². The average Bonchev–Trinajstić information content (AvgIpc) is 2.72. The van der Waals surface area contributed by atoms with Gasteiger partial charge in [-0.15, -0.1) is 0 Å². The number of aromatic nitrogens is 4. The summed E-state index contributed by atoms with van der Waals surface area (Å²) in [5, 5.41) is 2.34. The van der Waals surface area contributed by atoms with Gasteiger partial charge < -0.3 is 4.74 Å². The van der Waals surface area contributed by atoms with Gasteiger partial charge in [0.15, 0.2) is 11.2 Å². The zero-order chi connectivity index (χ0) is 17.3. The molecule has 0 aliphatic heterocycles. The molecular formula is C12H14IN5O5. The molecule has 0 aromatic carbocycles. The highest BCUT2D eigenvalue weighted by Gasteiger charge is 2.25. The van der Waals surface area contributed by atoms with E-state index in [1.54, 1.807) is 6.92 Å². The number of halogens is 1. The number of carbonyl (C=O) groups excluding carboxylic acids is 2. The highest BCUT2D eigenvalue weighted by molar-refractivity contribution is 14.1. The molecule has 10 nitrogen and oxygen atoms in total. The summed E-state index contributed by atoms with van der Waals surface area (Å²) in [5.74, 6) is -0.974. The summed E-state index contributed by atoms with van der Waals surface area (Å²) in [5.41, 5.74) is -1.15. The number of H-pyrrole nitrogens is 2. The van der Waals surface area contributed by atoms with Gasteiger partial charge in [0.2, 0.25) is 11.9 Å². The lowest BCUT2D eigenvalue weighted by molar-refractivity contribution is -0.145. The molecule has 23 heavy (non-hydrogen) atoms. The molecule has 0 spiro atoms. The molecule has 2 aromatic rings. The van der Waals surface area contributed by atoms with Gasteiger partial charge in [-0.05, 0) is 6.92 Å². The third kappa shape index (κ3) is 3.60. The van der Waals surface area contributed by atoms with Crippen molar-refractivity contribution in [1.29, 1.82) is 0 Å². The van der Waals surface area contributed by atoms with Crippen molar-refractivity contribution in [3.05, 3.63) is 20.8 Å². The molecule has 0 saturated carbocycles. The summed E-state index contributed by atoms with van der Waals surface area (Å²) >= 11 is 1.90. The number of rotatable bonds is 4. The number of anilines is 1. The second kappa shape index (κ2) is 6.52. The molecule has 2 heterocycles. The molecule has 2 unspecified atom stereocenters. The molecule has 1 amide bonds. The van der Waals surface area contributed by atoms with E-state index in [4.69, 9.17) is 4.74 Å². The van der Waals surface area contributed by atoms with Crippen molar-refractivity contribution in [3.8, 4) is 0 Å². The third-order valence-electron chi connectivity index (χ3n) is 2.86. The molecule has 2 atom stereocenters. The van der Waals surface area contributed by atoms with Crippen LogP contribution in [-0.4, -0.2) is 37.5 Å². The van der Waals surface area contributed by atoms with Gasteiger partial charge in [0, 0.05) is 13.8 Å². The Kier molecular flexibility index (Phi) is 4.87. The Bertz CT molecular complexity index is 882. The van der Waals surface area contributed by atoms with Crippen molar-refractivity contribution in [2.24, 2.45) is 0 Å². The van der Waals surface area contributed by atoms with E-state index in [1.165, 1.54) is 13.8 Å². The van der Waals surface area contributed by atoms with Crippen molar-refractivity contribution in [2.75, 3.05) is 5.32 Å². The van der Waals surface area contributed by atoms with Crippen LogP contribution in [-0.2, 0) is 14.3 Å². The van der Waals surface area contributed by atoms with Crippen molar-refractivity contribution < 1.29 is 14.3 Å². The first-order valence-corrected chi connectivity index (χ1v) is 7.78. The van der Waals surface area contributed by atoms with Crippen LogP contribution in [0, 0.1) is 0 Å². The Hall–Kier alpha value is -2.18. The van der Waals surface area contributed by atoms with Gasteiger partial charge in [-0.1, -0.05) is 22.6 Å². The van der Waals surface area contributed by atoms with E-state index in [0.717, 1.165) is 4.57 Å². The van der Waals surface area contributed by atoms with Crippen molar-refractivity contribution >= 4 is 51.6 Å². The Morgan fingerprint density at radius 3 is 2.52 bits per heavy atom. The van der Waals surface area contributed by atoms with Gasteiger partial charge >= 0.3 is 11.7 Å². The molecule has 0 aliphatic rings. The van der Waals surface area contributed by atoms with Crippen LogP contribution in [0.1, 0.15) is 24.8 Å². The lowest BCUT2D eigenvalue weighted by Crippen LogP contribution is -2.30. The fourth-order valence-electron chi connectivity index (χ4n) is 2.03. The SMILES string of the molecule is CC(=O)Nc1nc2[nH]c(=O)n(C(I)C(C)OC(C)=O)c2c(=O)[nH]1. The number of hydrogen-bond acceptors (Lipinski definition) is 6. The van der Waals surface area contributed by atoms with E-state index in [9.17, 15) is 19.2 Å². The first-order chi connectivity index (χ1) is 10.7. The monoisotopic (exact) mass is 435 g/mol. The molecule has 3 N–H and O–H groups in total. The van der Waals surface area contributed by atoms with E-state index in [0.29, 0.717) is 0 Å². The summed E-state index contributed by atoms with van der Waals surface area (Å²) in [4.78, 5) is 55.3. The molecule has 2 aromatic heterocycles. The standard InChI is InChI=1S/C12H14IN5O5/c1-4(23-6(3)20)8(13)18-7-9(16-12(18)22)15-11(14-5(2)19)17-10(7)21/h4,8H,1-3H3,(H3,14,15,16,17,19,21,22). The van der Waals surface area contributed by atoms with Crippen LogP contribution < -0.4 is 16.6 Å². The van der Waals surface area contributed by atoms with Crippen molar-refractivity contribution in [1.82, 2.24) is 19.5 Å². The maximum absolute atomic E-state index is 12.2. The minimum Gasteiger partial charge on any atom is -0.460 e. The molecule has 124 valence electrons. The molecule has 0 radical (unpaired) electrons. The number of ether oxygens (including phenoxy) is 1. The fraction of sp³-hybridized carbons (Fsp3) is 0.417. The number of amides is 1. The smallest absolute Gasteiger partial charge is 0.328 e. The third-order valence-corrected chi connectivity index (χ3v) is 4.43. The van der Waals surface area contributed by atoms with Gasteiger partial charge in [0.25, 0.3) is 5.56 Å². The van der Waals surface area contributed by atoms with Crippen LogP contribution in [0.2, 0.25) is 0 Å². The van der Waals surface area contributed by atoms with Crippen LogP contribution in [0.3, 0.4) is 0 Å². The molecule has 0 bridgehead atoms. The number of carbonyl (C=O) groups is 2. The van der Waals surface area contributed by atoms with E-state index in [2.05, 4.69) is 20.3 Å². The van der Waals surface area contributed by atoms with Crippen LogP contribution in [0.25, 0.3) is 11.2 Å². The minimum absolute atomic E-state index is 0.00232. The molecule has 11 heteroatoms. The first-order valence-electron chi connectivity index (χ1n) is 6.54. The lowest BCUT2D eigenvalue weighted by atomic mass is 10.4. The topological polar surface area (TPSA) is 139 Å². The second-order valence-electron chi connectivity index (χ2n) is 4.78. The summed E-state index contributed by atoms with van der Waals surface area (Å²) in [6.45, 7) is 4.13. The molecule has 0 aliphatic carbocycles. The van der Waals surface area contributed by atoms with Crippen LogP contribution >= 0.6 is 22.6 Å². The highest BCUT2D eigenvalue weighted by atomic mass is 127. The molecule has 2 rings (SSSR count). The molecule has 0 saturated heterocycles. The number of nitrogens with zero attached hydrogens (tertiary/aromatic N) is 2. The van der Waals surface area contributed by atoms with E-state index >= 15 is 0 Å². The van der Waals surface area contributed by atoms with Gasteiger partial charge in [-0.2, -0.15) is 4.98 Å². The maximum atomic E-state index is 12.2. The van der Waals surface area contributed by atoms with Crippen LogP contribution in [0.4, 0.5) is 5.95 Å². The molecule has 0 fully saturated rings. The molecular weight excluding hydrogens is 421 g/mol. The zero-order valence-electron chi connectivity index (χ0n) is 12.5. The number of hydrogen-bond donors (Lipinski definition) is 3. The van der Waals surface area contributed by atoms with Crippen molar-refractivity contribution in [2.45, 2.75) is 30.9 Å². The Morgan fingerprint density at radius 2 is 1.96 bits per heavy atom. The number of esters is 1. The lowest BCUT2D eigenvalue weighted by Gasteiger charge is -2.19. The Labute approximate surface area is 142 Å². The zero-order valence-corrected chi connectivity index (χ0v) is 14.6. The quantitative estimate of drug-likeness (QED) is 0.358. The second-order valence-corrected chi connectivity index (χ2v) is 6.06. The first kappa shape index (κ1) is 17.2. The summed E-state index contributed by atoms with van der Waals surface area (Å²) in [6, 6.07) is 0. The number of nitrogens with one attached hydrogen (secondary N) is 3. The van der Waals surface area contributed by atoms with E-state index in [1.807, 2.05) is 22.6 Å². The van der Waals surface area contributed by atoms with Gasteiger partial charge in [0.1, 0.15) is 10.2 Å². The fourth-order valence-corrected chi connectivity index (χ4v) is 2.71. The van der Waals surface area contributed by atoms with Crippen LogP contribution in [0.5, 0.6) is 0 Å². The number of alkyl halides is 1. The van der Waals surface area contributed by atoms with Crippen molar-refractivity contribution in [3.63, 3.8) is 0 Å². The largest absolute Gasteiger partial charge is 0.460 e. The van der Waals surface area contributed by atoms with E-state index in [-0.39, 0.29) is 17.1 Å². The minimum atomic E-state index is -0.640. The predicted molar refractivity (Wildman–Crippen MR) is 89.6 cm³/mol. The number of aromatic amines is 2. The van der Waals surface area contributed by atoms with Gasteiger partial charge in [0.05, 0.1) is 0 Å². The maximum Gasteiger partial charge on any atom is 0.328 e.